The zero-order chi connectivity index (χ0) is 22.5. The Morgan fingerprint density at radius 3 is 1.84 bits per heavy atom. The molecule has 0 aliphatic rings. The van der Waals surface area contributed by atoms with E-state index in [1.807, 2.05) is 43.3 Å². The van der Waals surface area contributed by atoms with Gasteiger partial charge in [-0.1, -0.05) is 67.6 Å². The second-order valence-electron chi connectivity index (χ2n) is 7.50. The van der Waals surface area contributed by atoms with Gasteiger partial charge in [-0.15, -0.1) is 0 Å². The molecular weight excluding hydrogens is 398 g/mol. The van der Waals surface area contributed by atoms with Crippen LogP contribution in [0.25, 0.3) is 0 Å². The van der Waals surface area contributed by atoms with Crippen LogP contribution in [0.1, 0.15) is 25.0 Å². The van der Waals surface area contributed by atoms with Crippen LogP contribution in [0.4, 0.5) is 9.59 Å². The van der Waals surface area contributed by atoms with Gasteiger partial charge in [-0.2, -0.15) is 0 Å². The lowest BCUT2D eigenvalue weighted by Gasteiger charge is -2.26. The van der Waals surface area contributed by atoms with Gasteiger partial charge in [0.05, 0.1) is 13.7 Å². The summed E-state index contributed by atoms with van der Waals surface area (Å²) in [5, 5.41) is 0. The minimum Gasteiger partial charge on any atom is -0.438 e. The molecule has 0 aliphatic carbocycles. The SMILES string of the molecule is COC(=O)OCC(C)OC(=O)OCC(C)CN(Cc1ccccc1)Cc1ccccc1. The highest BCUT2D eigenvalue weighted by Gasteiger charge is 2.17. The van der Waals surface area contributed by atoms with E-state index in [1.54, 1.807) is 6.92 Å². The van der Waals surface area contributed by atoms with Gasteiger partial charge in [0, 0.05) is 25.6 Å². The zero-order valence-electron chi connectivity index (χ0n) is 18.4. The molecule has 7 heteroatoms. The number of methoxy groups -OCH3 is 1. The second-order valence-corrected chi connectivity index (χ2v) is 7.50. The maximum Gasteiger partial charge on any atom is 0.508 e. The average molecular weight is 430 g/mol. The number of hydrogen-bond donors (Lipinski definition) is 0. The van der Waals surface area contributed by atoms with Gasteiger partial charge in [-0.25, -0.2) is 9.59 Å². The van der Waals surface area contributed by atoms with Crippen LogP contribution in [0.5, 0.6) is 0 Å². The van der Waals surface area contributed by atoms with E-state index in [4.69, 9.17) is 14.2 Å². The Kier molecular flexibility index (Phi) is 10.4. The van der Waals surface area contributed by atoms with Crippen molar-refractivity contribution in [1.29, 1.82) is 0 Å². The van der Waals surface area contributed by atoms with Gasteiger partial charge in [0.25, 0.3) is 0 Å². The van der Waals surface area contributed by atoms with Crippen LogP contribution in [0, 0.1) is 5.92 Å². The molecule has 0 aromatic heterocycles. The smallest absolute Gasteiger partial charge is 0.438 e. The van der Waals surface area contributed by atoms with Crippen molar-refractivity contribution < 1.29 is 28.5 Å². The van der Waals surface area contributed by atoms with Crippen LogP contribution < -0.4 is 0 Å². The van der Waals surface area contributed by atoms with Gasteiger partial charge in [0.2, 0.25) is 0 Å². The Labute approximate surface area is 183 Å². The molecule has 0 radical (unpaired) electrons. The van der Waals surface area contributed by atoms with Crippen molar-refractivity contribution in [1.82, 2.24) is 4.90 Å². The van der Waals surface area contributed by atoms with E-state index in [9.17, 15) is 9.59 Å². The number of ether oxygens (including phenoxy) is 4. The fraction of sp³-hybridized carbons (Fsp3) is 0.417. The fourth-order valence-corrected chi connectivity index (χ4v) is 3.05. The van der Waals surface area contributed by atoms with Crippen LogP contribution >= 0.6 is 0 Å². The molecule has 0 bridgehead atoms. The molecule has 0 fully saturated rings. The summed E-state index contributed by atoms with van der Waals surface area (Å²) >= 11 is 0. The lowest BCUT2D eigenvalue weighted by Crippen LogP contribution is -2.31. The molecule has 2 unspecified atom stereocenters. The average Bonchev–Trinajstić information content (AvgIpc) is 2.77. The molecule has 0 amide bonds. The lowest BCUT2D eigenvalue weighted by atomic mass is 10.1. The molecule has 0 saturated heterocycles. The zero-order valence-corrected chi connectivity index (χ0v) is 18.4. The van der Waals surface area contributed by atoms with Crippen molar-refractivity contribution in [3.05, 3.63) is 71.8 Å². The van der Waals surface area contributed by atoms with Crippen LogP contribution in [0.15, 0.2) is 60.7 Å². The van der Waals surface area contributed by atoms with E-state index in [0.717, 1.165) is 19.6 Å². The third-order valence-electron chi connectivity index (χ3n) is 4.45. The Morgan fingerprint density at radius 1 is 0.806 bits per heavy atom. The minimum atomic E-state index is -0.825. The molecule has 0 saturated carbocycles. The summed E-state index contributed by atoms with van der Waals surface area (Å²) in [5.74, 6) is 0.0987. The summed E-state index contributed by atoms with van der Waals surface area (Å²) in [5.41, 5.74) is 2.45. The predicted molar refractivity (Wildman–Crippen MR) is 116 cm³/mol. The maximum atomic E-state index is 11.9. The number of rotatable bonds is 11. The summed E-state index contributed by atoms with van der Waals surface area (Å²) in [6.45, 7) is 6.11. The van der Waals surface area contributed by atoms with E-state index < -0.39 is 18.4 Å². The van der Waals surface area contributed by atoms with Gasteiger partial charge >= 0.3 is 12.3 Å². The minimum absolute atomic E-state index is 0.0980. The van der Waals surface area contributed by atoms with E-state index in [-0.39, 0.29) is 19.1 Å². The quantitative estimate of drug-likeness (QED) is 0.481. The van der Waals surface area contributed by atoms with Gasteiger partial charge in [0.15, 0.2) is 0 Å². The molecule has 2 aromatic carbocycles. The van der Waals surface area contributed by atoms with Crippen LogP contribution in [-0.4, -0.2) is 50.2 Å². The molecule has 168 valence electrons. The van der Waals surface area contributed by atoms with Gasteiger partial charge in [0.1, 0.15) is 12.7 Å². The first kappa shape index (κ1) is 24.2. The third-order valence-corrected chi connectivity index (χ3v) is 4.45. The highest BCUT2D eigenvalue weighted by Crippen LogP contribution is 2.13. The Morgan fingerprint density at radius 2 is 1.32 bits per heavy atom. The summed E-state index contributed by atoms with van der Waals surface area (Å²) in [4.78, 5) is 25.2. The van der Waals surface area contributed by atoms with E-state index in [1.165, 1.54) is 18.2 Å². The molecule has 2 atom stereocenters. The molecule has 2 aromatic rings. The number of carbonyl (C=O) groups is 2. The lowest BCUT2D eigenvalue weighted by molar-refractivity contribution is -0.0119. The summed E-state index contributed by atoms with van der Waals surface area (Å²) in [7, 11) is 1.21. The Hall–Kier alpha value is -3.06. The fourth-order valence-electron chi connectivity index (χ4n) is 3.05. The third kappa shape index (κ3) is 10.00. The van der Waals surface area contributed by atoms with E-state index in [2.05, 4.69) is 33.9 Å². The molecule has 0 aliphatic heterocycles. The summed E-state index contributed by atoms with van der Waals surface area (Å²) in [6, 6.07) is 20.6. The first-order valence-corrected chi connectivity index (χ1v) is 10.3. The highest BCUT2D eigenvalue weighted by atomic mass is 16.7. The van der Waals surface area contributed by atoms with Gasteiger partial charge in [-0.3, -0.25) is 4.90 Å². The van der Waals surface area contributed by atoms with Crippen molar-refractivity contribution in [2.24, 2.45) is 5.92 Å². The molecular formula is C24H31NO6. The van der Waals surface area contributed by atoms with Gasteiger partial charge < -0.3 is 18.9 Å². The largest absolute Gasteiger partial charge is 0.508 e. The number of nitrogens with zero attached hydrogens (tertiary/aromatic N) is 1. The number of benzene rings is 2. The molecule has 7 nitrogen and oxygen atoms in total. The molecule has 31 heavy (non-hydrogen) atoms. The monoisotopic (exact) mass is 429 g/mol. The highest BCUT2D eigenvalue weighted by molar-refractivity contribution is 5.60. The Balaban J connectivity index is 1.82. The number of hydrogen-bond acceptors (Lipinski definition) is 7. The topological polar surface area (TPSA) is 74.3 Å². The Bertz CT molecular complexity index is 742. The van der Waals surface area contributed by atoms with Crippen molar-refractivity contribution in [3.63, 3.8) is 0 Å². The van der Waals surface area contributed by atoms with E-state index >= 15 is 0 Å². The second kappa shape index (κ2) is 13.3. The van der Waals surface area contributed by atoms with Gasteiger partial charge in [-0.05, 0) is 18.1 Å². The van der Waals surface area contributed by atoms with Crippen LogP contribution in [0.2, 0.25) is 0 Å². The molecule has 0 spiro atoms. The van der Waals surface area contributed by atoms with Crippen molar-refractivity contribution in [2.75, 3.05) is 26.9 Å². The van der Waals surface area contributed by atoms with Crippen LogP contribution in [-0.2, 0) is 32.0 Å². The molecule has 0 N–H and O–H groups in total. The van der Waals surface area contributed by atoms with Crippen LogP contribution in [0.3, 0.4) is 0 Å². The van der Waals surface area contributed by atoms with E-state index in [0.29, 0.717) is 0 Å². The maximum absolute atomic E-state index is 11.9. The number of carbonyl (C=O) groups excluding carboxylic acids is 2. The molecule has 0 heterocycles. The molecule has 2 rings (SSSR count). The first-order chi connectivity index (χ1) is 15.0. The van der Waals surface area contributed by atoms with Crippen molar-refractivity contribution in [3.8, 4) is 0 Å². The first-order valence-electron chi connectivity index (χ1n) is 10.3. The normalized spacial score (nSPS) is 12.6. The summed E-state index contributed by atoms with van der Waals surface area (Å²) < 4.78 is 19.4. The standard InChI is InChI=1S/C24H31NO6/c1-19(17-29-24(27)31-20(2)18-30-23(26)28-3)14-25(15-21-10-6-4-7-11-21)16-22-12-8-5-9-13-22/h4-13,19-20H,14-18H2,1-3H3. The summed E-state index contributed by atoms with van der Waals surface area (Å²) in [6.07, 6.45) is -2.24. The van der Waals surface area contributed by atoms with Crippen molar-refractivity contribution >= 4 is 12.3 Å². The predicted octanol–water partition coefficient (Wildman–Crippen LogP) is 4.65. The van der Waals surface area contributed by atoms with Crippen molar-refractivity contribution in [2.45, 2.75) is 33.0 Å².